The second kappa shape index (κ2) is 6.51. The average Bonchev–Trinajstić information content (AvgIpc) is 2.42. The number of nitrogens with one attached hydrogen (secondary N) is 2. The molecule has 0 aromatic heterocycles. The number of rotatable bonds is 5. The Morgan fingerprint density at radius 3 is 2.43 bits per heavy atom. The van der Waals surface area contributed by atoms with Crippen LogP contribution in [0.5, 0.6) is 0 Å². The summed E-state index contributed by atoms with van der Waals surface area (Å²) in [6, 6.07) is 5.29. The number of hydrogen-bond donors (Lipinski definition) is 2. The molecule has 1 aromatic carbocycles. The smallest absolute Gasteiger partial charge is 0.355 e. The lowest BCUT2D eigenvalue weighted by Gasteiger charge is -2.33. The monoisotopic (exact) mass is 328 g/mol. The number of halogens is 3. The standard InChI is InChI=1S/C17H23F3N2O/c1-11(12-8-21-9-12)15(23)22-10-16(2,3)13-5-4-6-14(7-13)17(18,19)20/h4-7,11-12,21H,8-10H2,1-3H3,(H,22,23). The SMILES string of the molecule is CC(C(=O)NCC(C)(C)c1cccc(C(F)(F)F)c1)C1CNC1. The minimum absolute atomic E-state index is 0.0449. The lowest BCUT2D eigenvalue weighted by atomic mass is 9.83. The van der Waals surface area contributed by atoms with Gasteiger partial charge in [-0.15, -0.1) is 0 Å². The average molecular weight is 328 g/mol. The predicted octanol–water partition coefficient (Wildman–Crippen LogP) is 2.95. The van der Waals surface area contributed by atoms with Crippen LogP contribution < -0.4 is 10.6 Å². The van der Waals surface area contributed by atoms with Crippen molar-refractivity contribution in [2.75, 3.05) is 19.6 Å². The Labute approximate surface area is 134 Å². The quantitative estimate of drug-likeness (QED) is 0.872. The van der Waals surface area contributed by atoms with Gasteiger partial charge in [0.05, 0.1) is 5.56 Å². The zero-order valence-electron chi connectivity index (χ0n) is 13.6. The van der Waals surface area contributed by atoms with E-state index in [4.69, 9.17) is 0 Å². The van der Waals surface area contributed by atoms with Gasteiger partial charge in [0.25, 0.3) is 0 Å². The summed E-state index contributed by atoms with van der Waals surface area (Å²) in [5.41, 5.74) is -0.678. The number of amides is 1. The van der Waals surface area contributed by atoms with E-state index in [1.807, 2.05) is 20.8 Å². The molecule has 1 heterocycles. The molecule has 1 saturated heterocycles. The van der Waals surface area contributed by atoms with E-state index in [9.17, 15) is 18.0 Å². The molecule has 1 fully saturated rings. The van der Waals surface area contributed by atoms with Gasteiger partial charge in [-0.3, -0.25) is 4.79 Å². The fourth-order valence-corrected chi connectivity index (χ4v) is 2.57. The maximum atomic E-state index is 12.8. The largest absolute Gasteiger partial charge is 0.416 e. The van der Waals surface area contributed by atoms with Crippen molar-refractivity contribution >= 4 is 5.91 Å². The highest BCUT2D eigenvalue weighted by Gasteiger charge is 2.33. The van der Waals surface area contributed by atoms with Crippen LogP contribution in [0, 0.1) is 11.8 Å². The molecule has 1 aliphatic rings. The van der Waals surface area contributed by atoms with Crippen molar-refractivity contribution < 1.29 is 18.0 Å². The zero-order valence-corrected chi connectivity index (χ0v) is 13.6. The van der Waals surface area contributed by atoms with Crippen molar-refractivity contribution in [1.82, 2.24) is 10.6 Å². The Hall–Kier alpha value is -1.56. The zero-order chi connectivity index (χ0) is 17.3. The third-order valence-electron chi connectivity index (χ3n) is 4.61. The van der Waals surface area contributed by atoms with Crippen molar-refractivity contribution in [3.8, 4) is 0 Å². The third kappa shape index (κ3) is 4.25. The number of benzene rings is 1. The van der Waals surface area contributed by atoms with Crippen LogP contribution in [0.4, 0.5) is 13.2 Å². The molecule has 1 atom stereocenters. The molecular weight excluding hydrogens is 305 g/mol. The second-order valence-corrected chi connectivity index (χ2v) is 6.89. The van der Waals surface area contributed by atoms with Gasteiger partial charge in [0, 0.05) is 17.9 Å². The topological polar surface area (TPSA) is 41.1 Å². The summed E-state index contributed by atoms with van der Waals surface area (Å²) < 4.78 is 38.5. The minimum atomic E-state index is -4.36. The highest BCUT2D eigenvalue weighted by molar-refractivity contribution is 5.78. The normalized spacial score (nSPS) is 17.5. The molecule has 0 saturated carbocycles. The molecule has 6 heteroatoms. The van der Waals surface area contributed by atoms with E-state index >= 15 is 0 Å². The molecule has 128 valence electrons. The molecule has 0 bridgehead atoms. The number of carbonyl (C=O) groups is 1. The van der Waals surface area contributed by atoms with Crippen LogP contribution in [0.2, 0.25) is 0 Å². The number of hydrogen-bond acceptors (Lipinski definition) is 2. The van der Waals surface area contributed by atoms with E-state index in [0.29, 0.717) is 18.0 Å². The summed E-state index contributed by atoms with van der Waals surface area (Å²) in [6.45, 7) is 7.53. The van der Waals surface area contributed by atoms with E-state index in [0.717, 1.165) is 25.2 Å². The third-order valence-corrected chi connectivity index (χ3v) is 4.61. The summed E-state index contributed by atoms with van der Waals surface area (Å²) in [5, 5.41) is 6.01. The molecule has 0 spiro atoms. The first-order valence-corrected chi connectivity index (χ1v) is 7.77. The van der Waals surface area contributed by atoms with Crippen molar-refractivity contribution in [1.29, 1.82) is 0 Å². The van der Waals surface area contributed by atoms with Crippen LogP contribution in [0.25, 0.3) is 0 Å². The van der Waals surface area contributed by atoms with Crippen molar-refractivity contribution in [3.63, 3.8) is 0 Å². The van der Waals surface area contributed by atoms with Crippen LogP contribution in [-0.4, -0.2) is 25.5 Å². The lowest BCUT2D eigenvalue weighted by molar-refractivity contribution is -0.137. The Morgan fingerprint density at radius 2 is 1.91 bits per heavy atom. The summed E-state index contributed by atoms with van der Waals surface area (Å²) in [4.78, 5) is 12.2. The Bertz CT molecular complexity index is 565. The van der Waals surface area contributed by atoms with Gasteiger partial charge in [0.1, 0.15) is 0 Å². The van der Waals surface area contributed by atoms with Crippen LogP contribution in [-0.2, 0) is 16.4 Å². The van der Waals surface area contributed by atoms with Gasteiger partial charge in [-0.25, -0.2) is 0 Å². The summed E-state index contributed by atoms with van der Waals surface area (Å²) >= 11 is 0. The second-order valence-electron chi connectivity index (χ2n) is 6.89. The van der Waals surface area contributed by atoms with Crippen LogP contribution in [0.1, 0.15) is 31.9 Å². The highest BCUT2D eigenvalue weighted by Crippen LogP contribution is 2.32. The van der Waals surface area contributed by atoms with Crippen LogP contribution in [0.3, 0.4) is 0 Å². The molecule has 3 nitrogen and oxygen atoms in total. The lowest BCUT2D eigenvalue weighted by Crippen LogP contribution is -2.50. The van der Waals surface area contributed by atoms with E-state index in [1.165, 1.54) is 6.07 Å². The van der Waals surface area contributed by atoms with Gasteiger partial charge in [-0.2, -0.15) is 13.2 Å². The number of alkyl halides is 3. The minimum Gasteiger partial charge on any atom is -0.355 e. The fourth-order valence-electron chi connectivity index (χ4n) is 2.57. The van der Waals surface area contributed by atoms with Crippen molar-refractivity contribution in [2.24, 2.45) is 11.8 Å². The van der Waals surface area contributed by atoms with E-state index < -0.39 is 17.2 Å². The Morgan fingerprint density at radius 1 is 1.30 bits per heavy atom. The van der Waals surface area contributed by atoms with Crippen LogP contribution >= 0.6 is 0 Å². The molecule has 1 aromatic rings. The van der Waals surface area contributed by atoms with Gasteiger partial charge in [0.15, 0.2) is 0 Å². The first-order chi connectivity index (χ1) is 10.6. The molecule has 2 rings (SSSR count). The summed E-state index contributed by atoms with van der Waals surface area (Å²) in [6.07, 6.45) is -4.36. The first kappa shape index (κ1) is 17.8. The van der Waals surface area contributed by atoms with E-state index in [1.54, 1.807) is 6.07 Å². The number of carbonyl (C=O) groups excluding carboxylic acids is 1. The van der Waals surface area contributed by atoms with E-state index in [-0.39, 0.29) is 11.8 Å². The van der Waals surface area contributed by atoms with Gasteiger partial charge < -0.3 is 10.6 Å². The molecule has 0 radical (unpaired) electrons. The van der Waals surface area contributed by atoms with Crippen molar-refractivity contribution in [3.05, 3.63) is 35.4 Å². The molecule has 1 unspecified atom stereocenters. The van der Waals surface area contributed by atoms with Crippen LogP contribution in [0.15, 0.2) is 24.3 Å². The molecule has 1 aliphatic heterocycles. The van der Waals surface area contributed by atoms with Gasteiger partial charge in [-0.05, 0) is 30.6 Å². The maximum absolute atomic E-state index is 12.8. The van der Waals surface area contributed by atoms with E-state index in [2.05, 4.69) is 10.6 Å². The molecule has 23 heavy (non-hydrogen) atoms. The predicted molar refractivity (Wildman–Crippen MR) is 83.0 cm³/mol. The first-order valence-electron chi connectivity index (χ1n) is 7.77. The Balaban J connectivity index is 2.02. The molecule has 2 N–H and O–H groups in total. The summed E-state index contributed by atoms with van der Waals surface area (Å²) in [5.74, 6) is 0.205. The van der Waals surface area contributed by atoms with Crippen molar-refractivity contribution in [2.45, 2.75) is 32.4 Å². The van der Waals surface area contributed by atoms with Gasteiger partial charge in [0.2, 0.25) is 5.91 Å². The van der Waals surface area contributed by atoms with Gasteiger partial charge in [-0.1, -0.05) is 39.0 Å². The Kier molecular flexibility index (Phi) is 5.04. The fraction of sp³-hybridized carbons (Fsp3) is 0.588. The molecule has 0 aliphatic carbocycles. The highest BCUT2D eigenvalue weighted by atomic mass is 19.4. The maximum Gasteiger partial charge on any atom is 0.416 e. The summed E-state index contributed by atoms with van der Waals surface area (Å²) in [7, 11) is 0. The van der Waals surface area contributed by atoms with Gasteiger partial charge >= 0.3 is 6.18 Å². The molecule has 1 amide bonds. The molecular formula is C17H23F3N2O.